The van der Waals surface area contributed by atoms with E-state index in [1.165, 1.54) is 25.7 Å². The first-order valence-corrected chi connectivity index (χ1v) is 9.18. The minimum Gasteiger partial charge on any atom is -0.481 e. The second-order valence-electron chi connectivity index (χ2n) is 6.68. The topological polar surface area (TPSA) is 57.5 Å². The number of aliphatic hydroxyl groups is 1. The van der Waals surface area contributed by atoms with Crippen molar-refractivity contribution in [2.24, 2.45) is 11.8 Å². The smallest absolute Gasteiger partial charge is 0.303 e. The first kappa shape index (κ1) is 19.8. The maximum atomic E-state index is 10.4. The summed E-state index contributed by atoms with van der Waals surface area (Å²) >= 11 is 0. The number of carboxylic acids is 1. The van der Waals surface area contributed by atoms with Crippen molar-refractivity contribution in [3.05, 3.63) is 12.2 Å². The standard InChI is InChI=1S/C20H32O3/c1-2-3-6-13-19(21)14-8-5-4-7-11-17-16-18(17)12-9-10-15-20(22)23/h8,14,17-19,21H,2-3,6-7,9-13,15-16H2,1H3,(H,22,23)/b14-8+/t17-,18-,19-/m1/s1. The van der Waals surface area contributed by atoms with Gasteiger partial charge in [-0.1, -0.05) is 50.9 Å². The third-order valence-corrected chi connectivity index (χ3v) is 4.53. The molecule has 1 rings (SSSR count). The van der Waals surface area contributed by atoms with Crippen molar-refractivity contribution in [2.75, 3.05) is 0 Å². The predicted octanol–water partition coefficient (Wildman–Crippen LogP) is 4.55. The van der Waals surface area contributed by atoms with Crippen molar-refractivity contribution < 1.29 is 15.0 Å². The molecule has 0 unspecified atom stereocenters. The van der Waals surface area contributed by atoms with Crippen LogP contribution in [0.15, 0.2) is 12.2 Å². The van der Waals surface area contributed by atoms with Gasteiger partial charge in [-0.25, -0.2) is 0 Å². The van der Waals surface area contributed by atoms with Crippen LogP contribution in [0, 0.1) is 23.7 Å². The zero-order chi connectivity index (χ0) is 16.9. The van der Waals surface area contributed by atoms with E-state index in [1.54, 1.807) is 12.2 Å². The molecule has 0 amide bonds. The van der Waals surface area contributed by atoms with Crippen molar-refractivity contribution in [1.82, 2.24) is 0 Å². The summed E-state index contributed by atoms with van der Waals surface area (Å²) in [7, 11) is 0. The second-order valence-corrected chi connectivity index (χ2v) is 6.68. The van der Waals surface area contributed by atoms with E-state index in [-0.39, 0.29) is 6.10 Å². The molecule has 0 radical (unpaired) electrons. The van der Waals surface area contributed by atoms with E-state index in [2.05, 4.69) is 18.8 Å². The van der Waals surface area contributed by atoms with Gasteiger partial charge in [0.15, 0.2) is 0 Å². The van der Waals surface area contributed by atoms with Gasteiger partial charge < -0.3 is 10.2 Å². The molecular weight excluding hydrogens is 288 g/mol. The number of hydrogen-bond acceptors (Lipinski definition) is 2. The molecule has 3 atom stereocenters. The van der Waals surface area contributed by atoms with Crippen molar-refractivity contribution in [3.63, 3.8) is 0 Å². The highest BCUT2D eigenvalue weighted by Gasteiger charge is 2.35. The van der Waals surface area contributed by atoms with Crippen molar-refractivity contribution in [2.45, 2.75) is 83.7 Å². The van der Waals surface area contributed by atoms with Crippen LogP contribution in [0.5, 0.6) is 0 Å². The quantitative estimate of drug-likeness (QED) is 0.410. The van der Waals surface area contributed by atoms with Gasteiger partial charge in [0.2, 0.25) is 0 Å². The van der Waals surface area contributed by atoms with E-state index in [1.807, 2.05) is 0 Å². The molecular formula is C20H32O3. The number of aliphatic hydroxyl groups excluding tert-OH is 1. The Bertz CT molecular complexity index is 416. The van der Waals surface area contributed by atoms with Gasteiger partial charge in [-0.3, -0.25) is 4.79 Å². The Kier molecular flexibility index (Phi) is 10.5. The van der Waals surface area contributed by atoms with E-state index in [9.17, 15) is 9.90 Å². The minimum absolute atomic E-state index is 0.305. The van der Waals surface area contributed by atoms with Crippen LogP contribution in [0.2, 0.25) is 0 Å². The Hall–Kier alpha value is -1.27. The molecule has 0 aromatic rings. The van der Waals surface area contributed by atoms with Crippen LogP contribution >= 0.6 is 0 Å². The molecule has 0 spiro atoms. The van der Waals surface area contributed by atoms with E-state index in [0.717, 1.165) is 50.4 Å². The summed E-state index contributed by atoms with van der Waals surface area (Å²) in [5, 5.41) is 18.3. The maximum absolute atomic E-state index is 10.4. The number of hydrogen-bond donors (Lipinski definition) is 2. The van der Waals surface area contributed by atoms with Crippen LogP contribution in [0.4, 0.5) is 0 Å². The van der Waals surface area contributed by atoms with Gasteiger partial charge in [0.25, 0.3) is 0 Å². The monoisotopic (exact) mass is 320 g/mol. The van der Waals surface area contributed by atoms with Gasteiger partial charge in [-0.05, 0) is 49.7 Å². The highest BCUT2D eigenvalue weighted by molar-refractivity contribution is 5.66. The summed E-state index contributed by atoms with van der Waals surface area (Å²) in [6.45, 7) is 2.16. The molecule has 1 saturated carbocycles. The molecule has 0 saturated heterocycles. The first-order valence-electron chi connectivity index (χ1n) is 9.18. The number of unbranched alkanes of at least 4 members (excludes halogenated alkanes) is 3. The summed E-state index contributed by atoms with van der Waals surface area (Å²) in [6.07, 6.45) is 14.2. The first-order chi connectivity index (χ1) is 11.1. The SMILES string of the molecule is CCCCC[C@@H](O)/C=C/C#CCC[C@@H]1C[C@H]1CCCCC(=O)O. The van der Waals surface area contributed by atoms with Gasteiger partial charge in [0.1, 0.15) is 0 Å². The van der Waals surface area contributed by atoms with Gasteiger partial charge in [0.05, 0.1) is 6.10 Å². The van der Waals surface area contributed by atoms with Crippen LogP contribution < -0.4 is 0 Å². The Morgan fingerprint density at radius 1 is 1.22 bits per heavy atom. The minimum atomic E-state index is -0.684. The van der Waals surface area contributed by atoms with Gasteiger partial charge in [-0.15, -0.1) is 0 Å². The second kappa shape index (κ2) is 12.2. The third-order valence-electron chi connectivity index (χ3n) is 4.53. The summed E-state index contributed by atoms with van der Waals surface area (Å²) in [5.74, 6) is 7.10. The summed E-state index contributed by atoms with van der Waals surface area (Å²) in [5.41, 5.74) is 0. The van der Waals surface area contributed by atoms with Gasteiger partial charge >= 0.3 is 5.97 Å². The van der Waals surface area contributed by atoms with Crippen LogP contribution in [0.25, 0.3) is 0 Å². The molecule has 23 heavy (non-hydrogen) atoms. The molecule has 0 bridgehead atoms. The van der Waals surface area contributed by atoms with Crippen LogP contribution in [-0.2, 0) is 4.79 Å². The van der Waals surface area contributed by atoms with E-state index in [4.69, 9.17) is 5.11 Å². The highest BCUT2D eigenvalue weighted by atomic mass is 16.4. The molecule has 3 nitrogen and oxygen atoms in total. The fourth-order valence-corrected chi connectivity index (χ4v) is 2.95. The molecule has 0 aromatic heterocycles. The lowest BCUT2D eigenvalue weighted by molar-refractivity contribution is -0.137. The van der Waals surface area contributed by atoms with Crippen LogP contribution in [0.1, 0.15) is 77.6 Å². The molecule has 2 N–H and O–H groups in total. The molecule has 130 valence electrons. The number of aliphatic carboxylic acids is 1. The summed E-state index contributed by atoms with van der Waals surface area (Å²) in [6, 6.07) is 0. The largest absolute Gasteiger partial charge is 0.481 e. The molecule has 0 aliphatic heterocycles. The number of allylic oxidation sites excluding steroid dienone is 1. The average Bonchev–Trinajstić information content (AvgIpc) is 3.26. The lowest BCUT2D eigenvalue weighted by Gasteiger charge is -2.02. The average molecular weight is 320 g/mol. The van der Waals surface area contributed by atoms with Gasteiger partial charge in [0, 0.05) is 12.8 Å². The van der Waals surface area contributed by atoms with Crippen molar-refractivity contribution >= 4 is 5.97 Å². The molecule has 0 heterocycles. The van der Waals surface area contributed by atoms with Crippen LogP contribution in [0.3, 0.4) is 0 Å². The number of rotatable bonds is 12. The van der Waals surface area contributed by atoms with E-state index in [0.29, 0.717) is 6.42 Å². The molecule has 3 heteroatoms. The van der Waals surface area contributed by atoms with Gasteiger partial charge in [-0.2, -0.15) is 0 Å². The molecule has 1 aliphatic carbocycles. The van der Waals surface area contributed by atoms with E-state index >= 15 is 0 Å². The maximum Gasteiger partial charge on any atom is 0.303 e. The third kappa shape index (κ3) is 11.0. The molecule has 1 fully saturated rings. The fourth-order valence-electron chi connectivity index (χ4n) is 2.95. The lowest BCUT2D eigenvalue weighted by atomic mass is 10.1. The Balaban J connectivity index is 1.98. The normalized spacial score (nSPS) is 21.0. The number of carbonyl (C=O) groups is 1. The van der Waals surface area contributed by atoms with Crippen molar-refractivity contribution in [1.29, 1.82) is 0 Å². The Morgan fingerprint density at radius 3 is 2.74 bits per heavy atom. The summed E-state index contributed by atoms with van der Waals surface area (Å²) in [4.78, 5) is 10.4. The molecule has 1 aliphatic rings. The van der Waals surface area contributed by atoms with E-state index < -0.39 is 5.97 Å². The molecule has 0 aromatic carbocycles. The predicted molar refractivity (Wildman–Crippen MR) is 94.0 cm³/mol. The zero-order valence-electron chi connectivity index (χ0n) is 14.5. The van der Waals surface area contributed by atoms with Crippen molar-refractivity contribution in [3.8, 4) is 11.8 Å². The lowest BCUT2D eigenvalue weighted by Crippen LogP contribution is -2.00. The number of carboxylic acid groups (broad SMARTS) is 1. The zero-order valence-corrected chi connectivity index (χ0v) is 14.5. The fraction of sp³-hybridized carbons (Fsp3) is 0.750. The highest BCUT2D eigenvalue weighted by Crippen LogP contribution is 2.45. The summed E-state index contributed by atoms with van der Waals surface area (Å²) < 4.78 is 0. The van der Waals surface area contributed by atoms with Crippen LogP contribution in [-0.4, -0.2) is 22.3 Å². The Morgan fingerprint density at radius 2 is 2.00 bits per heavy atom. The Labute approximate surface area is 141 Å².